The van der Waals surface area contributed by atoms with Crippen LogP contribution in [-0.4, -0.2) is 87.5 Å². The van der Waals surface area contributed by atoms with E-state index in [1.54, 1.807) is 12.0 Å². The number of nitrogens with zero attached hydrogens (tertiary/aromatic N) is 2. The van der Waals surface area contributed by atoms with Crippen LogP contribution in [0.15, 0.2) is 12.1 Å². The molecule has 0 radical (unpaired) electrons. The van der Waals surface area contributed by atoms with E-state index in [1.165, 1.54) is 19.2 Å². The number of rotatable bonds is 7. The Morgan fingerprint density at radius 1 is 1.23 bits per heavy atom. The van der Waals surface area contributed by atoms with Crippen molar-refractivity contribution in [1.82, 2.24) is 15.1 Å². The van der Waals surface area contributed by atoms with Crippen LogP contribution in [0, 0.1) is 0 Å². The zero-order valence-corrected chi connectivity index (χ0v) is 18.8. The number of carbonyl (C=O) groups is 2. The topological polar surface area (TPSA) is 106 Å². The number of halogens is 1. The van der Waals surface area contributed by atoms with Crippen LogP contribution in [0.5, 0.6) is 5.75 Å². The number of ether oxygens (including phenoxy) is 3. The zero-order chi connectivity index (χ0) is 22.4. The average Bonchev–Trinajstić information content (AvgIpc) is 3.31. The third-order valence-corrected chi connectivity index (χ3v) is 6.15. The first-order chi connectivity index (χ1) is 14.9. The zero-order valence-electron chi connectivity index (χ0n) is 18.1. The van der Waals surface area contributed by atoms with E-state index in [2.05, 4.69) is 10.2 Å². The molecule has 2 fully saturated rings. The SMILES string of the molecule is COc1cc(N)c(Cl)cc1C(=O)NC1CCN(CCOC(=O)N2CCCC2)CC1OC. The number of piperidine rings is 1. The number of carbonyl (C=O) groups excluding carboxylic acids is 2. The molecule has 0 aliphatic carbocycles. The van der Waals surface area contributed by atoms with Gasteiger partial charge in [-0.2, -0.15) is 0 Å². The van der Waals surface area contributed by atoms with E-state index in [0.29, 0.717) is 48.1 Å². The van der Waals surface area contributed by atoms with E-state index >= 15 is 0 Å². The molecule has 2 atom stereocenters. The number of likely N-dealkylation sites (tertiary alicyclic amines) is 2. The van der Waals surface area contributed by atoms with Gasteiger partial charge >= 0.3 is 6.09 Å². The molecule has 0 bridgehead atoms. The molecule has 2 heterocycles. The Labute approximate surface area is 187 Å². The molecule has 2 saturated heterocycles. The van der Waals surface area contributed by atoms with Crippen molar-refractivity contribution in [3.63, 3.8) is 0 Å². The first-order valence-corrected chi connectivity index (χ1v) is 10.9. The van der Waals surface area contributed by atoms with Crippen molar-refractivity contribution in [3.8, 4) is 5.75 Å². The number of anilines is 1. The van der Waals surface area contributed by atoms with E-state index in [9.17, 15) is 9.59 Å². The fourth-order valence-corrected chi connectivity index (χ4v) is 4.17. The minimum absolute atomic E-state index is 0.165. The predicted molar refractivity (Wildman–Crippen MR) is 118 cm³/mol. The molecule has 1 aromatic rings. The maximum absolute atomic E-state index is 12.9. The van der Waals surface area contributed by atoms with E-state index in [4.69, 9.17) is 31.5 Å². The minimum atomic E-state index is -0.293. The predicted octanol–water partition coefficient (Wildman–Crippen LogP) is 1.98. The van der Waals surface area contributed by atoms with Crippen LogP contribution >= 0.6 is 11.6 Å². The second-order valence-electron chi connectivity index (χ2n) is 7.83. The molecule has 2 aliphatic heterocycles. The van der Waals surface area contributed by atoms with Gasteiger partial charge in [-0.25, -0.2) is 4.79 Å². The summed E-state index contributed by atoms with van der Waals surface area (Å²) in [4.78, 5) is 28.8. The lowest BCUT2D eigenvalue weighted by molar-refractivity contribution is 0.0000394. The van der Waals surface area contributed by atoms with Crippen LogP contribution in [0.1, 0.15) is 29.6 Å². The summed E-state index contributed by atoms with van der Waals surface area (Å²) in [5.74, 6) is 0.0735. The maximum atomic E-state index is 12.9. The van der Waals surface area contributed by atoms with Crippen LogP contribution in [0.25, 0.3) is 0 Å². The third-order valence-electron chi connectivity index (χ3n) is 5.82. The number of nitrogens with one attached hydrogen (secondary N) is 1. The Hall–Kier alpha value is -2.23. The van der Waals surface area contributed by atoms with Crippen LogP contribution in [0.4, 0.5) is 10.5 Å². The highest BCUT2D eigenvalue weighted by Gasteiger charge is 2.31. The van der Waals surface area contributed by atoms with Crippen molar-refractivity contribution in [2.45, 2.75) is 31.4 Å². The van der Waals surface area contributed by atoms with Gasteiger partial charge in [-0.05, 0) is 25.3 Å². The summed E-state index contributed by atoms with van der Waals surface area (Å²) in [6.45, 7) is 3.90. The summed E-state index contributed by atoms with van der Waals surface area (Å²) in [5.41, 5.74) is 6.48. The number of nitrogens with two attached hydrogens (primary N) is 1. The molecule has 31 heavy (non-hydrogen) atoms. The summed E-state index contributed by atoms with van der Waals surface area (Å²) in [5, 5.41) is 3.33. The Kier molecular flexibility index (Phi) is 8.22. The largest absolute Gasteiger partial charge is 0.496 e. The lowest BCUT2D eigenvalue weighted by Crippen LogP contribution is -2.55. The van der Waals surface area contributed by atoms with Crippen LogP contribution in [0.2, 0.25) is 5.02 Å². The Bertz CT molecular complexity index is 787. The smallest absolute Gasteiger partial charge is 0.409 e. The number of hydrogen-bond donors (Lipinski definition) is 2. The van der Waals surface area contributed by atoms with Crippen LogP contribution in [0.3, 0.4) is 0 Å². The summed E-state index contributed by atoms with van der Waals surface area (Å²) < 4.78 is 16.3. The second kappa shape index (κ2) is 10.9. The Balaban J connectivity index is 1.51. The molecule has 0 aromatic heterocycles. The van der Waals surface area contributed by atoms with Crippen molar-refractivity contribution in [2.75, 3.05) is 59.3 Å². The number of methoxy groups -OCH3 is 2. The average molecular weight is 455 g/mol. The molecule has 3 rings (SSSR count). The molecular formula is C21H31ClN4O5. The highest BCUT2D eigenvalue weighted by Crippen LogP contribution is 2.29. The van der Waals surface area contributed by atoms with Crippen molar-refractivity contribution >= 4 is 29.3 Å². The number of benzene rings is 1. The van der Waals surface area contributed by atoms with Gasteiger partial charge in [0.05, 0.1) is 35.5 Å². The second-order valence-corrected chi connectivity index (χ2v) is 8.23. The van der Waals surface area contributed by atoms with Crippen molar-refractivity contribution in [1.29, 1.82) is 0 Å². The number of nitrogen functional groups attached to an aromatic ring is 1. The molecule has 3 N–H and O–H groups in total. The Morgan fingerprint density at radius 2 is 1.97 bits per heavy atom. The van der Waals surface area contributed by atoms with E-state index in [0.717, 1.165) is 32.5 Å². The standard InChI is InChI=1S/C21H31ClN4O5/c1-29-18-12-16(23)15(22)11-14(18)20(27)24-17-5-8-25(13-19(17)30-2)9-10-31-21(28)26-6-3-4-7-26/h11-12,17,19H,3-10,13,23H2,1-2H3,(H,24,27). The fraction of sp³-hybridized carbons (Fsp3) is 0.619. The molecule has 10 heteroatoms. The summed E-state index contributed by atoms with van der Waals surface area (Å²) in [6, 6.07) is 2.88. The number of amides is 2. The van der Waals surface area contributed by atoms with E-state index < -0.39 is 0 Å². The fourth-order valence-electron chi connectivity index (χ4n) is 4.00. The summed E-state index contributed by atoms with van der Waals surface area (Å²) in [6.07, 6.45) is 2.35. The van der Waals surface area contributed by atoms with Gasteiger partial charge in [0.15, 0.2) is 0 Å². The lowest BCUT2D eigenvalue weighted by atomic mass is 10.0. The van der Waals surface area contributed by atoms with Crippen molar-refractivity contribution < 1.29 is 23.8 Å². The van der Waals surface area contributed by atoms with Crippen molar-refractivity contribution in [3.05, 3.63) is 22.7 Å². The molecule has 0 saturated carbocycles. The summed E-state index contributed by atoms with van der Waals surface area (Å²) in [7, 11) is 3.10. The normalized spacial score (nSPS) is 21.7. The molecular weight excluding hydrogens is 424 g/mol. The highest BCUT2D eigenvalue weighted by molar-refractivity contribution is 6.33. The van der Waals surface area contributed by atoms with Gasteiger partial charge in [-0.1, -0.05) is 11.6 Å². The van der Waals surface area contributed by atoms with Gasteiger partial charge in [0.25, 0.3) is 5.91 Å². The highest BCUT2D eigenvalue weighted by atomic mass is 35.5. The quantitative estimate of drug-likeness (QED) is 0.606. The molecule has 2 amide bonds. The molecule has 2 unspecified atom stereocenters. The number of hydrogen-bond acceptors (Lipinski definition) is 7. The molecule has 2 aliphatic rings. The van der Waals surface area contributed by atoms with Gasteiger partial charge in [-0.3, -0.25) is 9.69 Å². The van der Waals surface area contributed by atoms with Gasteiger partial charge in [0.2, 0.25) is 0 Å². The maximum Gasteiger partial charge on any atom is 0.409 e. The molecule has 0 spiro atoms. The first kappa shape index (κ1) is 23.4. The van der Waals surface area contributed by atoms with E-state index in [1.807, 2.05) is 0 Å². The van der Waals surface area contributed by atoms with E-state index in [-0.39, 0.29) is 24.1 Å². The van der Waals surface area contributed by atoms with Gasteiger partial charge in [0, 0.05) is 45.9 Å². The third kappa shape index (κ3) is 5.93. The van der Waals surface area contributed by atoms with Gasteiger partial charge in [0.1, 0.15) is 12.4 Å². The first-order valence-electron chi connectivity index (χ1n) is 10.5. The molecule has 9 nitrogen and oxygen atoms in total. The van der Waals surface area contributed by atoms with Gasteiger partial charge in [-0.15, -0.1) is 0 Å². The minimum Gasteiger partial charge on any atom is -0.496 e. The van der Waals surface area contributed by atoms with Crippen molar-refractivity contribution in [2.24, 2.45) is 0 Å². The molecule has 1 aromatic carbocycles. The van der Waals surface area contributed by atoms with Crippen LogP contribution in [-0.2, 0) is 9.47 Å². The molecule has 172 valence electrons. The monoisotopic (exact) mass is 454 g/mol. The Morgan fingerprint density at radius 3 is 2.65 bits per heavy atom. The lowest BCUT2D eigenvalue weighted by Gasteiger charge is -2.38. The van der Waals surface area contributed by atoms with Gasteiger partial charge < -0.3 is 30.2 Å². The summed E-state index contributed by atoms with van der Waals surface area (Å²) >= 11 is 6.09. The van der Waals surface area contributed by atoms with Crippen LogP contribution < -0.4 is 15.8 Å².